The fourth-order valence-corrected chi connectivity index (χ4v) is 2.66. The number of carboxylic acids is 1. The number of halogens is 2. The standard InChI is InChI=1S/C13H14F2N2O3S/c1-2-20-9-5-3-4-8-12(9)16-13(21-7-11(18)19)17(8)6-10(14)15/h3-5,10H,2,6-7H2,1H3,(H,18,19). The Morgan fingerprint density at radius 3 is 2.90 bits per heavy atom. The first-order chi connectivity index (χ1) is 10.0. The molecule has 0 saturated carbocycles. The Balaban J connectivity index is 2.48. The molecule has 0 bridgehead atoms. The zero-order valence-corrected chi connectivity index (χ0v) is 12.1. The van der Waals surface area contributed by atoms with Gasteiger partial charge in [0, 0.05) is 0 Å². The molecule has 0 radical (unpaired) electrons. The smallest absolute Gasteiger partial charge is 0.313 e. The summed E-state index contributed by atoms with van der Waals surface area (Å²) in [5.41, 5.74) is 0.974. The maximum Gasteiger partial charge on any atom is 0.313 e. The number of alkyl halides is 2. The van der Waals surface area contributed by atoms with E-state index in [9.17, 15) is 13.6 Å². The van der Waals surface area contributed by atoms with Crippen LogP contribution >= 0.6 is 11.8 Å². The zero-order valence-electron chi connectivity index (χ0n) is 11.3. The van der Waals surface area contributed by atoms with E-state index < -0.39 is 18.9 Å². The van der Waals surface area contributed by atoms with Crippen LogP contribution in [-0.4, -0.2) is 39.4 Å². The van der Waals surface area contributed by atoms with Crippen molar-refractivity contribution in [1.82, 2.24) is 9.55 Å². The number of fused-ring (bicyclic) bond motifs is 1. The molecule has 0 saturated heterocycles. The summed E-state index contributed by atoms with van der Waals surface area (Å²) in [6.07, 6.45) is -2.55. The van der Waals surface area contributed by atoms with Crippen molar-refractivity contribution in [3.8, 4) is 5.75 Å². The largest absolute Gasteiger partial charge is 0.492 e. The lowest BCUT2D eigenvalue weighted by molar-refractivity contribution is -0.133. The van der Waals surface area contributed by atoms with E-state index in [4.69, 9.17) is 9.84 Å². The third-order valence-corrected chi connectivity index (χ3v) is 3.61. The lowest BCUT2D eigenvalue weighted by Gasteiger charge is -2.07. The van der Waals surface area contributed by atoms with Gasteiger partial charge in [0.25, 0.3) is 6.43 Å². The first kappa shape index (κ1) is 15.6. The summed E-state index contributed by atoms with van der Waals surface area (Å²) in [6.45, 7) is 1.71. The predicted octanol–water partition coefficient (Wildman–Crippen LogP) is 2.88. The molecule has 5 nitrogen and oxygen atoms in total. The van der Waals surface area contributed by atoms with Gasteiger partial charge >= 0.3 is 5.97 Å². The number of hydrogen-bond acceptors (Lipinski definition) is 4. The van der Waals surface area contributed by atoms with Crippen molar-refractivity contribution in [2.24, 2.45) is 0 Å². The Morgan fingerprint density at radius 1 is 1.52 bits per heavy atom. The Kier molecular flexibility index (Phi) is 5.00. The van der Waals surface area contributed by atoms with Crippen LogP contribution in [0.1, 0.15) is 6.92 Å². The summed E-state index contributed by atoms with van der Waals surface area (Å²) in [5.74, 6) is -0.767. The normalized spacial score (nSPS) is 11.2. The molecule has 114 valence electrons. The van der Waals surface area contributed by atoms with Gasteiger partial charge in [-0.1, -0.05) is 17.8 Å². The third kappa shape index (κ3) is 3.63. The first-order valence-corrected chi connectivity index (χ1v) is 7.26. The maximum absolute atomic E-state index is 12.7. The molecule has 2 aromatic rings. The number of carboxylic acid groups (broad SMARTS) is 1. The van der Waals surface area contributed by atoms with E-state index in [0.717, 1.165) is 11.8 Å². The molecule has 0 unspecified atom stereocenters. The molecule has 0 aliphatic rings. The van der Waals surface area contributed by atoms with Crippen LogP contribution in [0.2, 0.25) is 0 Å². The number of nitrogens with zero attached hydrogens (tertiary/aromatic N) is 2. The van der Waals surface area contributed by atoms with Crippen LogP contribution < -0.4 is 4.74 Å². The van der Waals surface area contributed by atoms with Crippen LogP contribution in [0.15, 0.2) is 23.4 Å². The Bertz CT molecular complexity index is 646. The van der Waals surface area contributed by atoms with Gasteiger partial charge in [-0.15, -0.1) is 0 Å². The van der Waals surface area contributed by atoms with Crippen LogP contribution in [0.3, 0.4) is 0 Å². The van der Waals surface area contributed by atoms with Gasteiger partial charge in [0.05, 0.1) is 24.4 Å². The molecule has 1 aromatic heterocycles. The number of benzene rings is 1. The fourth-order valence-electron chi connectivity index (χ4n) is 1.92. The van der Waals surface area contributed by atoms with E-state index in [1.54, 1.807) is 18.2 Å². The molecule has 0 fully saturated rings. The van der Waals surface area contributed by atoms with E-state index >= 15 is 0 Å². The lowest BCUT2D eigenvalue weighted by Crippen LogP contribution is -2.09. The number of hydrogen-bond donors (Lipinski definition) is 1. The highest BCUT2D eigenvalue weighted by Crippen LogP contribution is 2.30. The molecular weight excluding hydrogens is 302 g/mol. The van der Waals surface area contributed by atoms with Gasteiger partial charge in [-0.05, 0) is 19.1 Å². The summed E-state index contributed by atoms with van der Waals surface area (Å²) in [6, 6.07) is 5.07. The van der Waals surface area contributed by atoms with E-state index in [1.807, 2.05) is 6.92 Å². The van der Waals surface area contributed by atoms with E-state index in [2.05, 4.69) is 4.98 Å². The van der Waals surface area contributed by atoms with E-state index in [-0.39, 0.29) is 10.9 Å². The molecule has 0 amide bonds. The van der Waals surface area contributed by atoms with E-state index in [0.29, 0.717) is 23.4 Å². The molecule has 1 N–H and O–H groups in total. The second-order valence-electron chi connectivity index (χ2n) is 4.14. The Hall–Kier alpha value is -1.83. The highest BCUT2D eigenvalue weighted by molar-refractivity contribution is 7.99. The molecule has 0 aliphatic carbocycles. The summed E-state index contributed by atoms with van der Waals surface area (Å²) >= 11 is 0.913. The van der Waals surface area contributed by atoms with Crippen molar-refractivity contribution in [3.05, 3.63) is 18.2 Å². The molecular formula is C13H14F2N2O3S. The minimum Gasteiger partial charge on any atom is -0.492 e. The molecule has 0 aliphatic heterocycles. The molecule has 0 spiro atoms. The van der Waals surface area contributed by atoms with Gasteiger partial charge in [-0.2, -0.15) is 0 Å². The summed E-state index contributed by atoms with van der Waals surface area (Å²) in [4.78, 5) is 14.9. The van der Waals surface area contributed by atoms with Gasteiger partial charge in [-0.25, -0.2) is 13.8 Å². The summed E-state index contributed by atoms with van der Waals surface area (Å²) in [7, 11) is 0. The van der Waals surface area contributed by atoms with Gasteiger partial charge in [0.2, 0.25) is 0 Å². The van der Waals surface area contributed by atoms with Crippen LogP contribution in [-0.2, 0) is 11.3 Å². The number of thioether (sulfide) groups is 1. The van der Waals surface area contributed by atoms with Crippen molar-refractivity contribution < 1.29 is 23.4 Å². The van der Waals surface area contributed by atoms with Crippen molar-refractivity contribution in [2.75, 3.05) is 12.4 Å². The number of rotatable bonds is 7. The molecule has 2 rings (SSSR count). The third-order valence-electron chi connectivity index (χ3n) is 2.65. The van der Waals surface area contributed by atoms with Crippen LogP contribution in [0.5, 0.6) is 5.75 Å². The van der Waals surface area contributed by atoms with Crippen LogP contribution in [0, 0.1) is 0 Å². The lowest BCUT2D eigenvalue weighted by atomic mass is 10.3. The molecule has 0 atom stereocenters. The van der Waals surface area contributed by atoms with E-state index in [1.165, 1.54) is 4.57 Å². The highest BCUT2D eigenvalue weighted by Gasteiger charge is 2.18. The number of ether oxygens (including phenoxy) is 1. The number of aromatic nitrogens is 2. The monoisotopic (exact) mass is 316 g/mol. The molecule has 8 heteroatoms. The second kappa shape index (κ2) is 6.75. The molecule has 21 heavy (non-hydrogen) atoms. The highest BCUT2D eigenvalue weighted by atomic mass is 32.2. The topological polar surface area (TPSA) is 64.3 Å². The van der Waals surface area contributed by atoms with Crippen molar-refractivity contribution in [1.29, 1.82) is 0 Å². The summed E-state index contributed by atoms with van der Waals surface area (Å²) < 4.78 is 32.3. The van der Waals surface area contributed by atoms with Crippen molar-refractivity contribution in [3.63, 3.8) is 0 Å². The predicted molar refractivity (Wildman–Crippen MR) is 75.3 cm³/mol. The maximum atomic E-state index is 12.7. The van der Waals surface area contributed by atoms with Gasteiger partial charge < -0.3 is 14.4 Å². The Labute approximate surface area is 123 Å². The first-order valence-electron chi connectivity index (χ1n) is 6.27. The van der Waals surface area contributed by atoms with Crippen molar-refractivity contribution in [2.45, 2.75) is 25.1 Å². The minimum absolute atomic E-state index is 0.240. The number of para-hydroxylation sites is 1. The fraction of sp³-hybridized carbons (Fsp3) is 0.385. The zero-order chi connectivity index (χ0) is 15.4. The average Bonchev–Trinajstić information content (AvgIpc) is 2.76. The SMILES string of the molecule is CCOc1cccc2c1nc(SCC(=O)O)n2CC(F)F. The van der Waals surface area contributed by atoms with Crippen LogP contribution in [0.25, 0.3) is 11.0 Å². The summed E-state index contributed by atoms with van der Waals surface area (Å²) in [5, 5.41) is 8.98. The quantitative estimate of drug-likeness (QED) is 0.796. The number of carbonyl (C=O) groups is 1. The van der Waals surface area contributed by atoms with Gasteiger partial charge in [0.15, 0.2) is 5.16 Å². The molecule has 1 aromatic carbocycles. The Morgan fingerprint density at radius 2 is 2.29 bits per heavy atom. The average molecular weight is 316 g/mol. The van der Waals surface area contributed by atoms with Crippen molar-refractivity contribution >= 4 is 28.8 Å². The van der Waals surface area contributed by atoms with Crippen LogP contribution in [0.4, 0.5) is 8.78 Å². The van der Waals surface area contributed by atoms with Gasteiger partial charge in [-0.3, -0.25) is 4.79 Å². The number of aliphatic carboxylic acids is 1. The van der Waals surface area contributed by atoms with Gasteiger partial charge in [0.1, 0.15) is 11.3 Å². The minimum atomic E-state index is -2.55. The molecule has 1 heterocycles. The number of imidazole rings is 1. The second-order valence-corrected chi connectivity index (χ2v) is 5.08.